The van der Waals surface area contributed by atoms with Crippen molar-refractivity contribution in [2.75, 3.05) is 11.9 Å². The van der Waals surface area contributed by atoms with Crippen molar-refractivity contribution in [1.82, 2.24) is 9.78 Å². The van der Waals surface area contributed by atoms with E-state index in [0.717, 1.165) is 18.7 Å². The number of nitrogens with one attached hydrogen (secondary N) is 1. The fourth-order valence-electron chi connectivity index (χ4n) is 2.09. The van der Waals surface area contributed by atoms with Gasteiger partial charge in [-0.1, -0.05) is 37.3 Å². The highest BCUT2D eigenvalue weighted by molar-refractivity contribution is 9.10. The summed E-state index contributed by atoms with van der Waals surface area (Å²) >= 11 is 3.32. The van der Waals surface area contributed by atoms with E-state index < -0.39 is 0 Å². The van der Waals surface area contributed by atoms with Gasteiger partial charge in [-0.25, -0.2) is 4.68 Å². The molecule has 0 amide bonds. The van der Waals surface area contributed by atoms with E-state index in [9.17, 15) is 4.79 Å². The molecule has 0 aliphatic rings. The Labute approximate surface area is 127 Å². The lowest BCUT2D eigenvalue weighted by Crippen LogP contribution is -2.22. The summed E-state index contributed by atoms with van der Waals surface area (Å²) in [5, 5.41) is 7.34. The number of nitrogens with zero attached hydrogens (tertiary/aromatic N) is 2. The van der Waals surface area contributed by atoms with Gasteiger partial charge < -0.3 is 5.32 Å². The van der Waals surface area contributed by atoms with Crippen molar-refractivity contribution in [3.8, 4) is 0 Å². The molecule has 5 heteroatoms. The van der Waals surface area contributed by atoms with Gasteiger partial charge in [-0.3, -0.25) is 4.79 Å². The topological polar surface area (TPSA) is 46.9 Å². The molecule has 0 saturated heterocycles. The van der Waals surface area contributed by atoms with Gasteiger partial charge in [0.05, 0.1) is 11.9 Å². The Kier molecular flexibility index (Phi) is 4.95. The Balaban J connectivity index is 2.12. The van der Waals surface area contributed by atoms with E-state index in [1.54, 1.807) is 13.2 Å². The predicted molar refractivity (Wildman–Crippen MR) is 85.1 cm³/mol. The minimum Gasteiger partial charge on any atom is -0.382 e. The molecule has 4 nitrogen and oxygen atoms in total. The minimum absolute atomic E-state index is 0.136. The molecular formula is C15H18BrN3O. The normalized spacial score (nSPS) is 12.2. The lowest BCUT2D eigenvalue weighted by Gasteiger charge is -2.17. The molecule has 0 fully saturated rings. The van der Waals surface area contributed by atoms with Gasteiger partial charge in [0.25, 0.3) is 5.56 Å². The van der Waals surface area contributed by atoms with E-state index in [0.29, 0.717) is 10.4 Å². The summed E-state index contributed by atoms with van der Waals surface area (Å²) < 4.78 is 1.84. The highest BCUT2D eigenvalue weighted by Crippen LogP contribution is 2.22. The van der Waals surface area contributed by atoms with Gasteiger partial charge in [-0.05, 0) is 27.9 Å². The number of hydrogen-bond acceptors (Lipinski definition) is 3. The van der Waals surface area contributed by atoms with Crippen LogP contribution in [0, 0.1) is 0 Å². The molecule has 1 heterocycles. The average Bonchev–Trinajstić information content (AvgIpc) is 2.48. The lowest BCUT2D eigenvalue weighted by molar-refractivity contribution is 0.685. The molecule has 0 aliphatic heterocycles. The average molecular weight is 336 g/mol. The molecule has 1 unspecified atom stereocenters. The van der Waals surface area contributed by atoms with Crippen LogP contribution in [0.3, 0.4) is 0 Å². The third kappa shape index (κ3) is 3.28. The van der Waals surface area contributed by atoms with E-state index in [-0.39, 0.29) is 5.56 Å². The number of aryl methyl sites for hydroxylation is 1. The highest BCUT2D eigenvalue weighted by atomic mass is 79.9. The minimum atomic E-state index is -0.136. The zero-order valence-corrected chi connectivity index (χ0v) is 13.2. The van der Waals surface area contributed by atoms with Gasteiger partial charge >= 0.3 is 0 Å². The molecule has 1 aromatic carbocycles. The largest absolute Gasteiger partial charge is 0.382 e. The first-order chi connectivity index (χ1) is 9.63. The van der Waals surface area contributed by atoms with Crippen LogP contribution in [-0.4, -0.2) is 16.3 Å². The standard InChI is InChI=1S/C15H18BrN3O/c1-3-11(12-7-5-4-6-8-12)9-17-13-10-18-19(2)15(20)14(13)16/h4-8,10-11,17H,3,9H2,1-2H3. The van der Waals surface area contributed by atoms with Crippen molar-refractivity contribution in [2.24, 2.45) is 7.05 Å². The van der Waals surface area contributed by atoms with E-state index in [1.165, 1.54) is 10.2 Å². The zero-order chi connectivity index (χ0) is 14.5. The quantitative estimate of drug-likeness (QED) is 0.912. The van der Waals surface area contributed by atoms with Gasteiger partial charge in [-0.15, -0.1) is 0 Å². The number of anilines is 1. The summed E-state index contributed by atoms with van der Waals surface area (Å²) in [5.74, 6) is 0.409. The summed E-state index contributed by atoms with van der Waals surface area (Å²) in [6.45, 7) is 2.94. The van der Waals surface area contributed by atoms with Gasteiger partial charge in [0, 0.05) is 19.5 Å². The summed E-state index contributed by atoms with van der Waals surface area (Å²) in [6.07, 6.45) is 2.70. The van der Waals surface area contributed by atoms with E-state index in [1.807, 2.05) is 18.2 Å². The molecule has 0 spiro atoms. The Morgan fingerprint density at radius 3 is 2.70 bits per heavy atom. The Morgan fingerprint density at radius 2 is 2.05 bits per heavy atom. The first-order valence-corrected chi connectivity index (χ1v) is 7.43. The van der Waals surface area contributed by atoms with Crippen LogP contribution in [0.1, 0.15) is 24.8 Å². The third-order valence-corrected chi connectivity index (χ3v) is 4.15. The van der Waals surface area contributed by atoms with Crippen LogP contribution >= 0.6 is 15.9 Å². The SMILES string of the molecule is CCC(CNc1cnn(C)c(=O)c1Br)c1ccccc1. The van der Waals surface area contributed by atoms with Crippen molar-refractivity contribution in [3.63, 3.8) is 0 Å². The van der Waals surface area contributed by atoms with Gasteiger partial charge in [-0.2, -0.15) is 5.10 Å². The Morgan fingerprint density at radius 1 is 1.35 bits per heavy atom. The van der Waals surface area contributed by atoms with Gasteiger partial charge in [0.1, 0.15) is 4.47 Å². The first-order valence-electron chi connectivity index (χ1n) is 6.64. The first kappa shape index (κ1) is 14.8. The molecule has 1 aromatic heterocycles. The second-order valence-electron chi connectivity index (χ2n) is 4.70. The smallest absolute Gasteiger partial charge is 0.282 e. The lowest BCUT2D eigenvalue weighted by atomic mass is 9.96. The Bertz CT molecular complexity index is 625. The van der Waals surface area contributed by atoms with Crippen LogP contribution in [0.25, 0.3) is 0 Å². The molecule has 2 rings (SSSR count). The molecule has 1 atom stereocenters. The maximum Gasteiger partial charge on any atom is 0.282 e. The van der Waals surface area contributed by atoms with Crippen LogP contribution in [-0.2, 0) is 7.05 Å². The molecule has 0 radical (unpaired) electrons. The van der Waals surface area contributed by atoms with E-state index in [4.69, 9.17) is 0 Å². The monoisotopic (exact) mass is 335 g/mol. The van der Waals surface area contributed by atoms with Crippen molar-refractivity contribution in [1.29, 1.82) is 0 Å². The molecule has 0 saturated carbocycles. The number of aromatic nitrogens is 2. The van der Waals surface area contributed by atoms with Crippen molar-refractivity contribution >= 4 is 21.6 Å². The van der Waals surface area contributed by atoms with Crippen molar-refractivity contribution < 1.29 is 0 Å². The molecule has 2 aromatic rings. The zero-order valence-electron chi connectivity index (χ0n) is 11.6. The van der Waals surface area contributed by atoms with Crippen LogP contribution < -0.4 is 10.9 Å². The number of halogens is 1. The summed E-state index contributed by atoms with van der Waals surface area (Å²) in [6, 6.07) is 10.4. The fourth-order valence-corrected chi connectivity index (χ4v) is 2.59. The van der Waals surface area contributed by atoms with Crippen molar-refractivity contribution in [3.05, 3.63) is 56.9 Å². The van der Waals surface area contributed by atoms with E-state index in [2.05, 4.69) is 45.4 Å². The number of rotatable bonds is 5. The van der Waals surface area contributed by atoms with Gasteiger partial charge in [0.15, 0.2) is 0 Å². The maximum atomic E-state index is 11.8. The van der Waals surface area contributed by atoms with Crippen LogP contribution in [0.2, 0.25) is 0 Å². The van der Waals surface area contributed by atoms with E-state index >= 15 is 0 Å². The predicted octanol–water partition coefficient (Wildman–Crippen LogP) is 3.15. The maximum absolute atomic E-state index is 11.8. The van der Waals surface area contributed by atoms with Crippen LogP contribution in [0.4, 0.5) is 5.69 Å². The number of hydrogen-bond donors (Lipinski definition) is 1. The molecule has 0 bridgehead atoms. The van der Waals surface area contributed by atoms with Crippen LogP contribution in [0.15, 0.2) is 45.8 Å². The second-order valence-corrected chi connectivity index (χ2v) is 5.49. The number of benzene rings is 1. The Hall–Kier alpha value is -1.62. The fraction of sp³-hybridized carbons (Fsp3) is 0.333. The highest BCUT2D eigenvalue weighted by Gasteiger charge is 2.11. The summed E-state index contributed by atoms with van der Waals surface area (Å²) in [5.41, 5.74) is 1.90. The molecular weight excluding hydrogens is 318 g/mol. The third-order valence-electron chi connectivity index (χ3n) is 3.38. The molecule has 106 valence electrons. The van der Waals surface area contributed by atoms with Gasteiger partial charge in [0.2, 0.25) is 0 Å². The molecule has 0 aliphatic carbocycles. The van der Waals surface area contributed by atoms with Crippen molar-refractivity contribution in [2.45, 2.75) is 19.3 Å². The molecule has 1 N–H and O–H groups in total. The second kappa shape index (κ2) is 6.70. The molecule has 20 heavy (non-hydrogen) atoms. The summed E-state index contributed by atoms with van der Waals surface area (Å²) in [7, 11) is 1.63. The summed E-state index contributed by atoms with van der Waals surface area (Å²) in [4.78, 5) is 11.8. The van der Waals surface area contributed by atoms with Crippen LogP contribution in [0.5, 0.6) is 0 Å².